The van der Waals surface area contributed by atoms with Gasteiger partial charge in [-0.3, -0.25) is 9.69 Å². The first-order valence-electron chi connectivity index (χ1n) is 9.92. The van der Waals surface area contributed by atoms with E-state index in [4.69, 9.17) is 15.2 Å². The van der Waals surface area contributed by atoms with Gasteiger partial charge in [0.25, 0.3) is 0 Å². The first-order valence-corrected chi connectivity index (χ1v) is 9.92. The van der Waals surface area contributed by atoms with E-state index in [9.17, 15) is 4.79 Å². The largest absolute Gasteiger partial charge is 0.381 e. The highest BCUT2D eigenvalue weighted by molar-refractivity contribution is 5.92. The Balaban J connectivity index is 1.66. The van der Waals surface area contributed by atoms with Crippen LogP contribution in [0, 0.1) is 11.8 Å². The van der Waals surface area contributed by atoms with Crippen molar-refractivity contribution in [3.8, 4) is 0 Å². The van der Waals surface area contributed by atoms with E-state index in [-0.39, 0.29) is 11.5 Å². The summed E-state index contributed by atoms with van der Waals surface area (Å²) in [7, 11) is 1.84. The molecule has 2 saturated heterocycles. The Morgan fingerprint density at radius 2 is 1.88 bits per heavy atom. The summed E-state index contributed by atoms with van der Waals surface area (Å²) in [5, 5.41) is 0. The molecular formula is C21H30N2O3. The van der Waals surface area contributed by atoms with Gasteiger partial charge < -0.3 is 15.2 Å². The van der Waals surface area contributed by atoms with Gasteiger partial charge >= 0.3 is 0 Å². The molecule has 0 aromatic heterocycles. The molecule has 2 N–H and O–H groups in total. The molecule has 4 rings (SSSR count). The van der Waals surface area contributed by atoms with Crippen LogP contribution in [0.1, 0.15) is 48.0 Å². The molecule has 5 heteroatoms. The van der Waals surface area contributed by atoms with Crippen molar-refractivity contribution in [2.75, 3.05) is 33.4 Å². The highest BCUT2D eigenvalue weighted by atomic mass is 16.5. The van der Waals surface area contributed by atoms with E-state index >= 15 is 0 Å². The Morgan fingerprint density at radius 3 is 2.50 bits per heavy atom. The molecule has 3 aliphatic rings. The number of nitrogens with two attached hydrogens (primary N) is 1. The van der Waals surface area contributed by atoms with Crippen LogP contribution in [0.4, 0.5) is 0 Å². The Bertz CT molecular complexity index is 642. The molecule has 0 radical (unpaired) electrons. The van der Waals surface area contributed by atoms with Gasteiger partial charge in [-0.2, -0.15) is 0 Å². The Kier molecular flexibility index (Phi) is 5.04. The summed E-state index contributed by atoms with van der Waals surface area (Å²) in [5.74, 6) is 0.528. The minimum Gasteiger partial charge on any atom is -0.381 e. The number of piperidine rings is 1. The number of carbonyl (C=O) groups excluding carboxylic acids is 1. The standard InChI is InChI=1S/C21H30N2O3/c1-25-21(16-5-2-4-15(12-16)20(22)24)17-6-3-7-18(21)14-23(13-17)19-8-10-26-11-9-19/h2,4-5,12,17-19H,3,6-11,13-14H2,1H3,(H2,22,24)/t17-,18+,21?. The zero-order chi connectivity index (χ0) is 18.1. The van der Waals surface area contributed by atoms with Crippen molar-refractivity contribution in [2.24, 2.45) is 17.6 Å². The number of fused-ring (bicyclic) bond motifs is 2. The van der Waals surface area contributed by atoms with Crippen LogP contribution in [0.25, 0.3) is 0 Å². The SMILES string of the molecule is COC1(c2cccc(C(N)=O)c2)[C@@H]2CCC[C@H]1CN(C1CCOCC1)C2. The molecule has 1 saturated carbocycles. The number of hydrogen-bond donors (Lipinski definition) is 1. The van der Waals surface area contributed by atoms with Crippen LogP contribution in [0.3, 0.4) is 0 Å². The topological polar surface area (TPSA) is 64.8 Å². The van der Waals surface area contributed by atoms with Crippen molar-refractivity contribution in [3.63, 3.8) is 0 Å². The number of amides is 1. The Hall–Kier alpha value is -1.43. The molecular weight excluding hydrogens is 328 g/mol. The predicted molar refractivity (Wildman–Crippen MR) is 99.9 cm³/mol. The van der Waals surface area contributed by atoms with E-state index in [0.717, 1.165) is 44.7 Å². The summed E-state index contributed by atoms with van der Waals surface area (Å²) in [4.78, 5) is 14.4. The van der Waals surface area contributed by atoms with Gasteiger partial charge in [0.2, 0.25) is 5.91 Å². The van der Waals surface area contributed by atoms with Crippen LogP contribution in [0.15, 0.2) is 24.3 Å². The quantitative estimate of drug-likeness (QED) is 0.898. The van der Waals surface area contributed by atoms with Gasteiger partial charge in [0.05, 0.1) is 0 Å². The van der Waals surface area contributed by atoms with Gasteiger partial charge in [-0.1, -0.05) is 18.6 Å². The van der Waals surface area contributed by atoms with Crippen LogP contribution < -0.4 is 5.73 Å². The fourth-order valence-corrected chi connectivity index (χ4v) is 5.65. The second-order valence-electron chi connectivity index (χ2n) is 8.06. The Labute approximate surface area is 155 Å². The molecule has 3 fully saturated rings. The van der Waals surface area contributed by atoms with Crippen molar-refractivity contribution < 1.29 is 14.3 Å². The van der Waals surface area contributed by atoms with Gasteiger partial charge in [0, 0.05) is 56.9 Å². The number of primary amides is 1. The van der Waals surface area contributed by atoms with Crippen molar-refractivity contribution in [1.29, 1.82) is 0 Å². The number of methoxy groups -OCH3 is 1. The number of hydrogen-bond acceptors (Lipinski definition) is 4. The first kappa shape index (κ1) is 18.0. The maximum absolute atomic E-state index is 11.7. The molecule has 2 bridgehead atoms. The maximum Gasteiger partial charge on any atom is 0.248 e. The lowest BCUT2D eigenvalue weighted by Gasteiger charge is -2.57. The van der Waals surface area contributed by atoms with Crippen LogP contribution in [-0.4, -0.2) is 50.3 Å². The normalized spacial score (nSPS) is 33.1. The molecule has 0 spiro atoms. The van der Waals surface area contributed by atoms with Gasteiger partial charge in [-0.05, 0) is 43.4 Å². The van der Waals surface area contributed by atoms with E-state index in [2.05, 4.69) is 11.0 Å². The van der Waals surface area contributed by atoms with E-state index in [1.54, 1.807) is 6.07 Å². The van der Waals surface area contributed by atoms with Crippen molar-refractivity contribution in [2.45, 2.75) is 43.7 Å². The summed E-state index contributed by atoms with van der Waals surface area (Å²) in [5.41, 5.74) is 6.93. The van der Waals surface area contributed by atoms with Crippen LogP contribution in [0.5, 0.6) is 0 Å². The summed E-state index contributed by atoms with van der Waals surface area (Å²) < 4.78 is 11.9. The van der Waals surface area contributed by atoms with E-state index in [0.29, 0.717) is 23.4 Å². The highest BCUT2D eigenvalue weighted by Gasteiger charge is 2.53. The monoisotopic (exact) mass is 358 g/mol. The average molecular weight is 358 g/mol. The number of rotatable bonds is 4. The van der Waals surface area contributed by atoms with Gasteiger partial charge in [-0.25, -0.2) is 0 Å². The Morgan fingerprint density at radius 1 is 1.19 bits per heavy atom. The average Bonchev–Trinajstić information content (AvgIpc) is 2.67. The third kappa shape index (κ3) is 2.96. The van der Waals surface area contributed by atoms with Gasteiger partial charge in [0.1, 0.15) is 5.60 Å². The van der Waals surface area contributed by atoms with E-state index < -0.39 is 0 Å². The summed E-state index contributed by atoms with van der Waals surface area (Å²) in [6.45, 7) is 3.89. The third-order valence-electron chi connectivity index (χ3n) is 6.87. The zero-order valence-electron chi connectivity index (χ0n) is 15.7. The molecule has 5 nitrogen and oxygen atoms in total. The molecule has 2 heterocycles. The fraction of sp³-hybridized carbons (Fsp3) is 0.667. The summed E-state index contributed by atoms with van der Waals surface area (Å²) in [6, 6.07) is 8.45. The number of likely N-dealkylation sites (tertiary alicyclic amines) is 1. The molecule has 1 amide bonds. The maximum atomic E-state index is 11.7. The number of benzene rings is 1. The number of carbonyl (C=O) groups is 1. The van der Waals surface area contributed by atoms with E-state index in [1.807, 2.05) is 19.2 Å². The minimum absolute atomic E-state index is 0.300. The second kappa shape index (κ2) is 7.29. The smallest absolute Gasteiger partial charge is 0.248 e. The second-order valence-corrected chi connectivity index (χ2v) is 8.06. The molecule has 1 aromatic carbocycles. The van der Waals surface area contributed by atoms with Gasteiger partial charge in [0.15, 0.2) is 0 Å². The highest BCUT2D eigenvalue weighted by Crippen LogP contribution is 2.52. The fourth-order valence-electron chi connectivity index (χ4n) is 5.65. The molecule has 1 aromatic rings. The van der Waals surface area contributed by atoms with Crippen LogP contribution >= 0.6 is 0 Å². The van der Waals surface area contributed by atoms with E-state index in [1.165, 1.54) is 19.3 Å². The van der Waals surface area contributed by atoms with Crippen LogP contribution in [-0.2, 0) is 15.1 Å². The lowest BCUT2D eigenvalue weighted by atomic mass is 9.62. The molecule has 2 aliphatic heterocycles. The van der Waals surface area contributed by atoms with Crippen molar-refractivity contribution >= 4 is 5.91 Å². The first-order chi connectivity index (χ1) is 12.6. The molecule has 3 atom stereocenters. The zero-order valence-corrected chi connectivity index (χ0v) is 15.7. The molecule has 26 heavy (non-hydrogen) atoms. The lowest BCUT2D eigenvalue weighted by Crippen LogP contribution is -2.61. The molecule has 142 valence electrons. The predicted octanol–water partition coefficient (Wildman–Crippen LogP) is 2.54. The third-order valence-corrected chi connectivity index (χ3v) is 6.87. The summed E-state index contributed by atoms with van der Waals surface area (Å²) >= 11 is 0. The van der Waals surface area contributed by atoms with Gasteiger partial charge in [-0.15, -0.1) is 0 Å². The lowest BCUT2D eigenvalue weighted by molar-refractivity contribution is -0.177. The molecule has 1 aliphatic carbocycles. The minimum atomic E-state index is -0.372. The molecule has 1 unspecified atom stereocenters. The van der Waals surface area contributed by atoms with Crippen LogP contribution in [0.2, 0.25) is 0 Å². The summed E-state index contributed by atoms with van der Waals surface area (Å²) in [6.07, 6.45) is 5.88. The van der Waals surface area contributed by atoms with Crippen molar-refractivity contribution in [3.05, 3.63) is 35.4 Å². The van der Waals surface area contributed by atoms with Crippen molar-refractivity contribution in [1.82, 2.24) is 4.90 Å². The number of nitrogens with zero attached hydrogens (tertiary/aromatic N) is 1. The number of ether oxygens (including phenoxy) is 2.